The van der Waals surface area contributed by atoms with Crippen LogP contribution in [0.25, 0.3) is 0 Å². The quantitative estimate of drug-likeness (QED) is 0.378. The Morgan fingerprint density at radius 3 is 2.44 bits per heavy atom. The van der Waals surface area contributed by atoms with Crippen molar-refractivity contribution in [2.24, 2.45) is 17.8 Å². The zero-order valence-corrected chi connectivity index (χ0v) is 20.2. The number of alkyl halides is 2. The van der Waals surface area contributed by atoms with Gasteiger partial charge in [-0.15, -0.1) is 23.2 Å². The second kappa shape index (κ2) is 7.80. The van der Waals surface area contributed by atoms with Gasteiger partial charge in [-0.25, -0.2) is 0 Å². The average Bonchev–Trinajstić information content (AvgIpc) is 3.13. The number of fused-ring (bicyclic) bond motifs is 4. The first-order valence-corrected chi connectivity index (χ1v) is 11.9. The summed E-state index contributed by atoms with van der Waals surface area (Å²) in [5.41, 5.74) is 1.24. The van der Waals surface area contributed by atoms with E-state index in [1.807, 2.05) is 6.08 Å². The van der Waals surface area contributed by atoms with Crippen molar-refractivity contribution in [3.63, 3.8) is 0 Å². The number of halogens is 2. The number of carbonyl (C=O) groups is 4. The summed E-state index contributed by atoms with van der Waals surface area (Å²) in [7, 11) is 2.81. The Morgan fingerprint density at radius 2 is 1.74 bits per heavy atom. The van der Waals surface area contributed by atoms with E-state index in [0.717, 1.165) is 9.80 Å². The lowest BCUT2D eigenvalue weighted by molar-refractivity contribution is -0.140. The lowest BCUT2D eigenvalue weighted by Gasteiger charge is -2.51. The zero-order chi connectivity index (χ0) is 24.6. The molecule has 0 unspecified atom stereocenters. The van der Waals surface area contributed by atoms with Gasteiger partial charge in [0.25, 0.3) is 11.8 Å². The lowest BCUT2D eigenvalue weighted by Crippen LogP contribution is -2.60. The summed E-state index contributed by atoms with van der Waals surface area (Å²) in [6, 6.07) is 6.95. The molecule has 6 atom stereocenters. The molecule has 4 amide bonds. The number of imide groups is 2. The normalized spacial score (nSPS) is 36.9. The molecule has 1 N–H and O–H groups in total. The fourth-order valence-corrected chi connectivity index (χ4v) is 7.26. The van der Waals surface area contributed by atoms with E-state index in [4.69, 9.17) is 27.9 Å². The number of benzene rings is 1. The monoisotopic (exact) mass is 506 g/mol. The van der Waals surface area contributed by atoms with Crippen molar-refractivity contribution in [1.29, 1.82) is 0 Å². The number of ether oxygens (including phenoxy) is 1. The second-order valence-corrected chi connectivity index (χ2v) is 10.6. The molecule has 5 rings (SSSR count). The summed E-state index contributed by atoms with van der Waals surface area (Å²) >= 11 is 14.2. The molecule has 2 saturated heterocycles. The second-order valence-electron chi connectivity index (χ2n) is 9.34. The van der Waals surface area contributed by atoms with Crippen molar-refractivity contribution in [3.8, 4) is 5.75 Å². The number of aliphatic hydroxyl groups excluding tert-OH is 1. The third-order valence-corrected chi connectivity index (χ3v) is 9.23. The summed E-state index contributed by atoms with van der Waals surface area (Å²) in [6.45, 7) is -0.203. The Morgan fingerprint density at radius 1 is 1.03 bits per heavy atom. The predicted molar refractivity (Wildman–Crippen MR) is 122 cm³/mol. The number of nitrogens with zero attached hydrogens (tertiary/aromatic N) is 2. The van der Waals surface area contributed by atoms with Gasteiger partial charge >= 0.3 is 0 Å². The van der Waals surface area contributed by atoms with Gasteiger partial charge in [0.2, 0.25) is 11.8 Å². The van der Waals surface area contributed by atoms with Crippen LogP contribution in [-0.4, -0.2) is 75.6 Å². The highest BCUT2D eigenvalue weighted by atomic mass is 35.5. The fraction of sp³-hybridized carbons (Fsp3) is 0.500. The number of hydrogen-bond acceptors (Lipinski definition) is 6. The molecular formula is C24H24Cl2N2O6. The number of rotatable bonds is 4. The smallest absolute Gasteiger partial charge is 0.253 e. The molecule has 0 aromatic heterocycles. The molecule has 0 bridgehead atoms. The van der Waals surface area contributed by atoms with E-state index in [0.29, 0.717) is 23.3 Å². The molecule has 2 aliphatic carbocycles. The van der Waals surface area contributed by atoms with E-state index in [9.17, 15) is 24.3 Å². The maximum absolute atomic E-state index is 13.5. The number of hydrogen-bond donors (Lipinski definition) is 1. The molecule has 0 radical (unpaired) electrons. The molecule has 1 aromatic rings. The van der Waals surface area contributed by atoms with E-state index < -0.39 is 45.2 Å². The Bertz CT molecular complexity index is 1150. The Labute approximate surface area is 206 Å². The average molecular weight is 507 g/mol. The van der Waals surface area contributed by atoms with Crippen molar-refractivity contribution < 1.29 is 29.0 Å². The van der Waals surface area contributed by atoms with Crippen molar-refractivity contribution in [3.05, 3.63) is 41.5 Å². The van der Waals surface area contributed by atoms with Crippen LogP contribution >= 0.6 is 23.2 Å². The molecule has 4 aliphatic rings. The van der Waals surface area contributed by atoms with E-state index >= 15 is 0 Å². The number of aliphatic hydroxyl groups is 1. The highest BCUT2D eigenvalue weighted by Crippen LogP contribution is 2.65. The summed E-state index contributed by atoms with van der Waals surface area (Å²) in [6.07, 6.45) is 2.16. The highest BCUT2D eigenvalue weighted by molar-refractivity contribution is 6.53. The molecule has 0 spiro atoms. The van der Waals surface area contributed by atoms with Crippen LogP contribution < -0.4 is 4.74 Å². The number of para-hydroxylation sites is 1. The van der Waals surface area contributed by atoms with E-state index in [1.165, 1.54) is 14.1 Å². The van der Waals surface area contributed by atoms with Crippen LogP contribution in [0.1, 0.15) is 24.3 Å². The Hall–Kier alpha value is -2.42. The van der Waals surface area contributed by atoms with Crippen LogP contribution in [-0.2, 0) is 19.2 Å². The van der Waals surface area contributed by atoms with Gasteiger partial charge in [-0.05, 0) is 24.8 Å². The number of amides is 4. The van der Waals surface area contributed by atoms with Crippen molar-refractivity contribution >= 4 is 46.8 Å². The molecule has 2 aliphatic heterocycles. The van der Waals surface area contributed by atoms with Crippen molar-refractivity contribution in [1.82, 2.24) is 9.80 Å². The highest BCUT2D eigenvalue weighted by Gasteiger charge is 2.76. The summed E-state index contributed by atoms with van der Waals surface area (Å²) in [5, 5.41) is 9.29. The van der Waals surface area contributed by atoms with Gasteiger partial charge in [-0.3, -0.25) is 29.0 Å². The SMILES string of the molecule is CN1C(=O)[C@H]2[C@H](CC=C3[C@H]2C[C@@]2(Cl)C(=O)N(C)C(=O)[C@@]2(Cl)[C@H]3c2ccccc2OCCO)C1=O. The molecular weight excluding hydrogens is 483 g/mol. The molecule has 180 valence electrons. The third kappa shape index (κ3) is 2.76. The summed E-state index contributed by atoms with van der Waals surface area (Å²) < 4.78 is 5.76. The van der Waals surface area contributed by atoms with E-state index in [1.54, 1.807) is 24.3 Å². The van der Waals surface area contributed by atoms with Crippen molar-refractivity contribution in [2.45, 2.75) is 28.5 Å². The van der Waals surface area contributed by atoms with Gasteiger partial charge < -0.3 is 9.84 Å². The fourth-order valence-electron chi connectivity index (χ4n) is 6.25. The van der Waals surface area contributed by atoms with Gasteiger partial charge in [0.05, 0.1) is 18.4 Å². The maximum Gasteiger partial charge on any atom is 0.253 e. The largest absolute Gasteiger partial charge is 0.491 e. The first-order valence-electron chi connectivity index (χ1n) is 11.1. The van der Waals surface area contributed by atoms with Gasteiger partial charge in [-0.1, -0.05) is 29.8 Å². The maximum atomic E-state index is 13.5. The predicted octanol–water partition coefficient (Wildman–Crippen LogP) is 1.68. The number of allylic oxidation sites excluding steroid dienone is 2. The van der Waals surface area contributed by atoms with Crippen LogP contribution in [0.4, 0.5) is 0 Å². The molecule has 1 saturated carbocycles. The Balaban J connectivity index is 1.74. The van der Waals surface area contributed by atoms with Crippen LogP contribution in [0.5, 0.6) is 5.75 Å². The topological polar surface area (TPSA) is 104 Å². The summed E-state index contributed by atoms with van der Waals surface area (Å²) in [5.74, 6) is -4.09. The van der Waals surface area contributed by atoms with Crippen molar-refractivity contribution in [2.75, 3.05) is 27.3 Å². The Kier molecular flexibility index (Phi) is 5.35. The minimum absolute atomic E-state index is 0.0166. The van der Waals surface area contributed by atoms with Gasteiger partial charge in [0.1, 0.15) is 12.4 Å². The van der Waals surface area contributed by atoms with Crippen LogP contribution in [0, 0.1) is 17.8 Å². The minimum atomic E-state index is -1.86. The minimum Gasteiger partial charge on any atom is -0.491 e. The summed E-state index contributed by atoms with van der Waals surface area (Å²) in [4.78, 5) is 51.1. The van der Waals surface area contributed by atoms with Gasteiger partial charge in [-0.2, -0.15) is 0 Å². The van der Waals surface area contributed by atoms with Gasteiger partial charge in [0, 0.05) is 25.6 Å². The number of carbonyl (C=O) groups excluding carboxylic acids is 4. The molecule has 10 heteroatoms. The van der Waals surface area contributed by atoms with E-state index in [2.05, 4.69) is 0 Å². The number of likely N-dealkylation sites (tertiary alicyclic amines) is 2. The van der Waals surface area contributed by atoms with E-state index in [-0.39, 0.29) is 31.4 Å². The zero-order valence-electron chi connectivity index (χ0n) is 18.7. The first kappa shape index (κ1) is 23.3. The molecule has 34 heavy (non-hydrogen) atoms. The lowest BCUT2D eigenvalue weighted by atomic mass is 9.56. The standard InChI is InChI=1S/C24H24Cl2N2O6/c1-27-19(30)14-8-7-12-15(17(14)20(27)31)11-23(25)21(32)28(2)22(33)24(23,26)18(12)13-5-3-4-6-16(13)34-10-9-29/h3-7,14-15,17-18,29H,8-11H2,1-2H3/t14-,15+,17-,18+,23+,24-/m0/s1. The molecule has 1 aromatic carbocycles. The third-order valence-electron chi connectivity index (χ3n) is 7.81. The van der Waals surface area contributed by atoms with Crippen LogP contribution in [0.2, 0.25) is 0 Å². The molecule has 2 heterocycles. The van der Waals surface area contributed by atoms with Gasteiger partial charge in [0.15, 0.2) is 9.75 Å². The van der Waals surface area contributed by atoms with Crippen LogP contribution in [0.3, 0.4) is 0 Å². The first-order chi connectivity index (χ1) is 16.1. The molecule has 3 fully saturated rings. The molecule has 8 nitrogen and oxygen atoms in total. The van der Waals surface area contributed by atoms with Crippen LogP contribution in [0.15, 0.2) is 35.9 Å².